The number of carbonyl (C=O) groups excluding carboxylic acids is 3. The van der Waals surface area contributed by atoms with Crippen molar-refractivity contribution in [1.82, 2.24) is 0 Å². The molecule has 0 unspecified atom stereocenters. The lowest BCUT2D eigenvalue weighted by Gasteiger charge is -2.59. The summed E-state index contributed by atoms with van der Waals surface area (Å²) >= 11 is 0. The maximum Gasteiger partial charge on any atom is 0.310 e. The molecule has 0 aromatic heterocycles. The number of aliphatic hydroxyl groups excluding tert-OH is 1. The Kier molecular flexibility index (Phi) is 6.35. The number of carboxylic acids is 1. The van der Waals surface area contributed by atoms with Crippen molar-refractivity contribution in [2.45, 2.75) is 70.5 Å². The third-order valence-electron chi connectivity index (χ3n) is 10.5. The van der Waals surface area contributed by atoms with Gasteiger partial charge in [-0.2, -0.15) is 0 Å². The number of fused-ring (bicyclic) bond motifs is 5. The lowest BCUT2D eigenvalue weighted by Crippen LogP contribution is -2.61. The van der Waals surface area contributed by atoms with E-state index >= 15 is 0 Å². The molecule has 5 aliphatic carbocycles. The zero-order chi connectivity index (χ0) is 26.8. The van der Waals surface area contributed by atoms with Gasteiger partial charge < -0.3 is 20.1 Å². The normalized spacial score (nSPS) is 44.3. The molecule has 200 valence electrons. The van der Waals surface area contributed by atoms with Gasteiger partial charge in [-0.25, -0.2) is 0 Å². The molecule has 0 spiro atoms. The molecule has 5 rings (SSSR count). The van der Waals surface area contributed by atoms with Gasteiger partial charge in [0, 0.05) is 16.7 Å². The third kappa shape index (κ3) is 3.86. The van der Waals surface area contributed by atoms with Crippen molar-refractivity contribution in [1.29, 1.82) is 0 Å². The Hall–Kier alpha value is -2.58. The molecule has 0 aromatic rings. The van der Waals surface area contributed by atoms with Crippen LogP contribution in [-0.2, 0) is 23.9 Å². The Labute approximate surface area is 216 Å². The molecule has 3 N–H and O–H groups in total. The average Bonchev–Trinajstić information content (AvgIpc) is 3.13. The number of carbonyl (C=O) groups is 4. The summed E-state index contributed by atoms with van der Waals surface area (Å²) in [6.07, 6.45) is 10.9. The van der Waals surface area contributed by atoms with Crippen LogP contribution in [0.5, 0.6) is 0 Å². The van der Waals surface area contributed by atoms with Crippen LogP contribution in [0.25, 0.3) is 0 Å². The number of hydrogen-bond acceptors (Lipinski definition) is 7. The van der Waals surface area contributed by atoms with E-state index in [1.165, 1.54) is 0 Å². The number of carboxylic acid groups (broad SMARTS) is 1. The molecule has 9 atom stereocenters. The Balaban J connectivity index is 1.33. The van der Waals surface area contributed by atoms with Crippen LogP contribution in [0.3, 0.4) is 0 Å². The van der Waals surface area contributed by atoms with E-state index in [2.05, 4.69) is 6.92 Å². The number of ether oxygens (including phenoxy) is 1. The van der Waals surface area contributed by atoms with Gasteiger partial charge in [0.15, 0.2) is 12.4 Å². The van der Waals surface area contributed by atoms with Gasteiger partial charge in [-0.1, -0.05) is 37.6 Å². The van der Waals surface area contributed by atoms with Crippen LogP contribution < -0.4 is 0 Å². The van der Waals surface area contributed by atoms with Crippen LogP contribution in [0.1, 0.15) is 58.8 Å². The highest BCUT2D eigenvalue weighted by molar-refractivity contribution is 6.01. The van der Waals surface area contributed by atoms with E-state index in [0.29, 0.717) is 6.42 Å². The van der Waals surface area contributed by atoms with Crippen molar-refractivity contribution in [2.75, 3.05) is 6.61 Å². The lowest BCUT2D eigenvalue weighted by molar-refractivity contribution is -0.182. The molecule has 0 amide bonds. The van der Waals surface area contributed by atoms with E-state index in [0.717, 1.165) is 18.4 Å². The summed E-state index contributed by atoms with van der Waals surface area (Å²) in [5.41, 5.74) is -2.04. The SMILES string of the molecule is C[C@]12C=CC(=O)C=C1CC[C@@H]1[C@@H]2[C@@H](O)C[C@@]2(C)[C@H]1CC[C@]2(O)C(=O)COC(=O)[C@H]1CC=CC[C@H]1C(=O)O. The van der Waals surface area contributed by atoms with E-state index in [1.54, 1.807) is 24.3 Å². The fourth-order valence-electron chi connectivity index (χ4n) is 8.50. The van der Waals surface area contributed by atoms with Crippen LogP contribution in [-0.4, -0.2) is 57.1 Å². The molecule has 8 nitrogen and oxygen atoms in total. The van der Waals surface area contributed by atoms with Crippen LogP contribution in [0, 0.1) is 40.4 Å². The number of aliphatic carboxylic acids is 1. The first-order chi connectivity index (χ1) is 17.4. The van der Waals surface area contributed by atoms with Gasteiger partial charge in [0.05, 0.1) is 17.9 Å². The van der Waals surface area contributed by atoms with Crippen LogP contribution in [0.2, 0.25) is 0 Å². The number of esters is 1. The van der Waals surface area contributed by atoms with Crippen LogP contribution >= 0.6 is 0 Å². The summed E-state index contributed by atoms with van der Waals surface area (Å²) in [5, 5.41) is 32.7. The second kappa shape index (κ2) is 9.02. The highest BCUT2D eigenvalue weighted by Crippen LogP contribution is 2.67. The lowest BCUT2D eigenvalue weighted by atomic mass is 9.46. The van der Waals surface area contributed by atoms with Gasteiger partial charge >= 0.3 is 11.9 Å². The molecule has 5 aliphatic rings. The highest BCUT2D eigenvalue weighted by atomic mass is 16.5. The predicted octanol–water partition coefficient (Wildman–Crippen LogP) is 2.78. The molecule has 37 heavy (non-hydrogen) atoms. The Morgan fingerprint density at radius 2 is 1.81 bits per heavy atom. The van der Waals surface area contributed by atoms with Gasteiger partial charge in [-0.15, -0.1) is 0 Å². The molecule has 0 heterocycles. The summed E-state index contributed by atoms with van der Waals surface area (Å²) in [4.78, 5) is 49.7. The molecule has 0 aromatic carbocycles. The number of aliphatic hydroxyl groups is 2. The largest absolute Gasteiger partial charge is 0.481 e. The maximum atomic E-state index is 13.4. The number of Topliss-reactive ketones (excluding diaryl/α,β-unsaturated/α-hetero) is 1. The summed E-state index contributed by atoms with van der Waals surface area (Å²) in [7, 11) is 0. The van der Waals surface area contributed by atoms with Gasteiger partial charge in [0.25, 0.3) is 0 Å². The minimum atomic E-state index is -1.75. The van der Waals surface area contributed by atoms with E-state index < -0.39 is 58.7 Å². The Bertz CT molecular complexity index is 1120. The van der Waals surface area contributed by atoms with E-state index in [1.807, 2.05) is 13.0 Å². The molecule has 0 saturated heterocycles. The minimum Gasteiger partial charge on any atom is -0.481 e. The van der Waals surface area contributed by atoms with E-state index in [-0.39, 0.29) is 49.2 Å². The third-order valence-corrected chi connectivity index (χ3v) is 10.5. The molecular weight excluding hydrogens is 476 g/mol. The summed E-state index contributed by atoms with van der Waals surface area (Å²) in [6, 6.07) is 0. The number of rotatable bonds is 5. The second-order valence-corrected chi connectivity index (χ2v) is 12.1. The van der Waals surface area contributed by atoms with Gasteiger partial charge in [-0.05, 0) is 68.9 Å². The van der Waals surface area contributed by atoms with Gasteiger partial charge in [-0.3, -0.25) is 19.2 Å². The topological polar surface area (TPSA) is 138 Å². The first kappa shape index (κ1) is 26.0. The van der Waals surface area contributed by atoms with Crippen molar-refractivity contribution in [2.24, 2.45) is 40.4 Å². The standard InChI is InChI=1S/C29H36O8/c1-27-11-9-17(30)13-16(27)7-8-20-21-10-12-29(36,28(21,2)14-22(31)24(20)27)23(32)15-37-26(35)19-6-4-3-5-18(19)25(33)34/h3-4,9,11,13,18-22,24,31,36H,5-8,10,12,14-15H2,1-2H3,(H,33,34)/t18-,19+,20+,21+,22+,24-,27+,28+,29+/m1/s1. The molecule has 0 aliphatic heterocycles. The van der Waals surface area contributed by atoms with Crippen molar-refractivity contribution in [3.63, 3.8) is 0 Å². The van der Waals surface area contributed by atoms with Crippen molar-refractivity contribution < 1.29 is 39.2 Å². The van der Waals surface area contributed by atoms with Crippen LogP contribution in [0.4, 0.5) is 0 Å². The van der Waals surface area contributed by atoms with Crippen LogP contribution in [0.15, 0.2) is 36.0 Å². The number of hydrogen-bond donors (Lipinski definition) is 3. The fourth-order valence-corrected chi connectivity index (χ4v) is 8.50. The van der Waals surface area contributed by atoms with E-state index in [9.17, 15) is 34.5 Å². The predicted molar refractivity (Wildman–Crippen MR) is 132 cm³/mol. The molecule has 0 bridgehead atoms. The van der Waals surface area contributed by atoms with Crippen molar-refractivity contribution >= 4 is 23.5 Å². The first-order valence-electron chi connectivity index (χ1n) is 13.3. The van der Waals surface area contributed by atoms with Crippen molar-refractivity contribution in [3.8, 4) is 0 Å². The molecular formula is C29H36O8. The quantitative estimate of drug-likeness (QED) is 0.378. The molecule has 0 radical (unpaired) electrons. The first-order valence-corrected chi connectivity index (χ1v) is 13.3. The summed E-state index contributed by atoms with van der Waals surface area (Å²) in [5.74, 6) is -4.26. The van der Waals surface area contributed by atoms with Gasteiger partial charge in [0.2, 0.25) is 5.78 Å². The van der Waals surface area contributed by atoms with Gasteiger partial charge in [0.1, 0.15) is 5.60 Å². The van der Waals surface area contributed by atoms with E-state index in [4.69, 9.17) is 4.74 Å². The minimum absolute atomic E-state index is 0.00479. The average molecular weight is 513 g/mol. The number of allylic oxidation sites excluding steroid dienone is 6. The fraction of sp³-hybridized carbons (Fsp3) is 0.655. The molecule has 3 fully saturated rings. The molecule has 3 saturated carbocycles. The number of ketones is 2. The summed E-state index contributed by atoms with van der Waals surface area (Å²) in [6.45, 7) is 3.31. The zero-order valence-corrected chi connectivity index (χ0v) is 21.4. The maximum absolute atomic E-state index is 13.4. The Morgan fingerprint density at radius 3 is 2.51 bits per heavy atom. The van der Waals surface area contributed by atoms with Crippen molar-refractivity contribution in [3.05, 3.63) is 36.0 Å². The molecule has 8 heteroatoms. The second-order valence-electron chi connectivity index (χ2n) is 12.1. The smallest absolute Gasteiger partial charge is 0.310 e. The monoisotopic (exact) mass is 512 g/mol. The zero-order valence-electron chi connectivity index (χ0n) is 21.4. The highest BCUT2D eigenvalue weighted by Gasteiger charge is 2.68. The Morgan fingerprint density at radius 1 is 1.11 bits per heavy atom. The summed E-state index contributed by atoms with van der Waals surface area (Å²) < 4.78 is 5.30.